The lowest BCUT2D eigenvalue weighted by atomic mass is 9.62. The monoisotopic (exact) mass is 538 g/mol. The first kappa shape index (κ1) is 26.3. The standard InChI is InChI=1S/C29H31ClN2O6/c1-17-14-20(28-10-12-29(13-11-28,36-16-28)15-24(33)34)8-9-21(17)26-25(18(2)32-38-26)31-27(35)37-19(3)22-6-4-5-7-23(22)30/h4-9,14,19H,10-13,15-16H2,1-3H3,(H,31,35)(H,33,34)/t19-,28?,29?/m1/s1. The van der Waals surface area contributed by atoms with Crippen LogP contribution in [0.1, 0.15) is 67.5 Å². The number of halogens is 1. The summed E-state index contributed by atoms with van der Waals surface area (Å²) in [4.78, 5) is 24.1. The van der Waals surface area contributed by atoms with Gasteiger partial charge in [0.05, 0.1) is 18.6 Å². The van der Waals surface area contributed by atoms with Crippen molar-refractivity contribution in [1.82, 2.24) is 5.16 Å². The molecule has 2 aliphatic heterocycles. The number of aromatic nitrogens is 1. The number of nitrogens with zero attached hydrogens (tertiary/aromatic N) is 1. The molecule has 1 atom stereocenters. The summed E-state index contributed by atoms with van der Waals surface area (Å²) < 4.78 is 17.4. The van der Waals surface area contributed by atoms with Crippen molar-refractivity contribution >= 4 is 29.4 Å². The second-order valence-electron chi connectivity index (χ2n) is 10.5. The zero-order chi connectivity index (χ0) is 27.1. The molecule has 1 saturated carbocycles. The average molecular weight is 539 g/mol. The molecule has 0 radical (unpaired) electrons. The molecule has 2 bridgehead atoms. The van der Waals surface area contributed by atoms with Crippen LogP contribution in [-0.4, -0.2) is 34.5 Å². The van der Waals surface area contributed by atoms with Crippen molar-refractivity contribution in [3.8, 4) is 11.3 Å². The van der Waals surface area contributed by atoms with Crippen molar-refractivity contribution in [3.05, 3.63) is 69.9 Å². The van der Waals surface area contributed by atoms with E-state index in [0.717, 1.165) is 36.8 Å². The maximum absolute atomic E-state index is 12.8. The molecule has 3 aliphatic rings. The lowest BCUT2D eigenvalue weighted by Crippen LogP contribution is -2.54. The summed E-state index contributed by atoms with van der Waals surface area (Å²) in [5.74, 6) is -0.357. The molecular formula is C29H31ClN2O6. The summed E-state index contributed by atoms with van der Waals surface area (Å²) in [6.07, 6.45) is 2.14. The minimum atomic E-state index is -0.812. The number of ether oxygens (including phenoxy) is 2. The summed E-state index contributed by atoms with van der Waals surface area (Å²) in [5, 5.41) is 16.7. The van der Waals surface area contributed by atoms with Gasteiger partial charge < -0.3 is 19.1 Å². The lowest BCUT2D eigenvalue weighted by Gasteiger charge is -2.53. The van der Waals surface area contributed by atoms with Crippen LogP contribution in [0, 0.1) is 13.8 Å². The highest BCUT2D eigenvalue weighted by Gasteiger charge is 2.51. The van der Waals surface area contributed by atoms with Gasteiger partial charge in [0.1, 0.15) is 17.5 Å². The molecule has 2 saturated heterocycles. The van der Waals surface area contributed by atoms with Gasteiger partial charge in [0, 0.05) is 21.6 Å². The minimum absolute atomic E-state index is 0.0568. The molecule has 3 heterocycles. The zero-order valence-electron chi connectivity index (χ0n) is 21.7. The van der Waals surface area contributed by atoms with Crippen molar-refractivity contribution in [2.75, 3.05) is 11.9 Å². The molecule has 2 N–H and O–H groups in total. The van der Waals surface area contributed by atoms with Crippen molar-refractivity contribution in [3.63, 3.8) is 0 Å². The molecule has 8 nitrogen and oxygen atoms in total. The highest BCUT2D eigenvalue weighted by atomic mass is 35.5. The van der Waals surface area contributed by atoms with Crippen LogP contribution >= 0.6 is 11.6 Å². The van der Waals surface area contributed by atoms with Gasteiger partial charge in [-0.05, 0) is 63.6 Å². The Morgan fingerprint density at radius 2 is 1.89 bits per heavy atom. The van der Waals surface area contributed by atoms with Crippen molar-refractivity contribution < 1.29 is 28.7 Å². The first-order valence-corrected chi connectivity index (χ1v) is 13.1. The number of hydrogen-bond acceptors (Lipinski definition) is 6. The van der Waals surface area contributed by atoms with Crippen LogP contribution in [0.4, 0.5) is 10.5 Å². The maximum Gasteiger partial charge on any atom is 0.412 e. The van der Waals surface area contributed by atoms with E-state index in [-0.39, 0.29) is 11.8 Å². The van der Waals surface area contributed by atoms with E-state index in [0.29, 0.717) is 34.3 Å². The van der Waals surface area contributed by atoms with Crippen LogP contribution in [0.2, 0.25) is 5.02 Å². The predicted octanol–water partition coefficient (Wildman–Crippen LogP) is 6.98. The molecule has 3 fully saturated rings. The Morgan fingerprint density at radius 1 is 1.16 bits per heavy atom. The molecule has 200 valence electrons. The molecule has 1 aromatic heterocycles. The van der Waals surface area contributed by atoms with Crippen molar-refractivity contribution in [2.45, 2.75) is 70.0 Å². The third-order valence-corrected chi connectivity index (χ3v) is 8.39. The van der Waals surface area contributed by atoms with E-state index in [1.54, 1.807) is 19.9 Å². The number of aliphatic carboxylic acids is 1. The summed E-state index contributed by atoms with van der Waals surface area (Å²) in [5.41, 5.74) is 4.00. The summed E-state index contributed by atoms with van der Waals surface area (Å²) in [6.45, 7) is 6.03. The van der Waals surface area contributed by atoms with E-state index in [1.165, 1.54) is 5.56 Å². The van der Waals surface area contributed by atoms with Crippen LogP contribution in [0.15, 0.2) is 47.0 Å². The van der Waals surface area contributed by atoms with Gasteiger partial charge in [0.25, 0.3) is 0 Å². The van der Waals surface area contributed by atoms with Crippen LogP contribution < -0.4 is 5.32 Å². The maximum atomic E-state index is 12.8. The van der Waals surface area contributed by atoms with Crippen LogP contribution in [-0.2, 0) is 19.7 Å². The van der Waals surface area contributed by atoms with Crippen LogP contribution in [0.3, 0.4) is 0 Å². The first-order valence-electron chi connectivity index (χ1n) is 12.8. The second kappa shape index (κ2) is 10.1. The lowest BCUT2D eigenvalue weighted by molar-refractivity contribution is -0.174. The number of anilines is 1. The normalized spacial score (nSPS) is 23.2. The molecule has 38 heavy (non-hydrogen) atoms. The molecule has 0 unspecified atom stereocenters. The Balaban J connectivity index is 1.33. The highest BCUT2D eigenvalue weighted by Crippen LogP contribution is 2.52. The van der Waals surface area contributed by atoms with Gasteiger partial charge in [-0.25, -0.2) is 4.79 Å². The van der Waals surface area contributed by atoms with Gasteiger partial charge in [-0.1, -0.05) is 53.2 Å². The number of carbonyl (C=O) groups excluding carboxylic acids is 1. The number of carbonyl (C=O) groups is 2. The molecule has 6 rings (SSSR count). The third kappa shape index (κ3) is 4.90. The predicted molar refractivity (Wildman–Crippen MR) is 142 cm³/mol. The molecule has 1 aliphatic carbocycles. The molecule has 1 amide bonds. The van der Waals surface area contributed by atoms with Gasteiger partial charge in [0.15, 0.2) is 5.76 Å². The van der Waals surface area contributed by atoms with E-state index in [9.17, 15) is 14.7 Å². The third-order valence-electron chi connectivity index (χ3n) is 8.05. The van der Waals surface area contributed by atoms with Crippen LogP contribution in [0.25, 0.3) is 11.3 Å². The summed E-state index contributed by atoms with van der Waals surface area (Å²) in [7, 11) is 0. The number of amides is 1. The number of carboxylic acids is 1. The Hall–Kier alpha value is -3.36. The van der Waals surface area contributed by atoms with E-state index >= 15 is 0 Å². The van der Waals surface area contributed by atoms with Crippen LogP contribution in [0.5, 0.6) is 0 Å². The highest BCUT2D eigenvalue weighted by molar-refractivity contribution is 6.31. The fraction of sp³-hybridized carbons (Fsp3) is 0.414. The fourth-order valence-electron chi connectivity index (χ4n) is 5.75. The fourth-order valence-corrected chi connectivity index (χ4v) is 6.04. The Morgan fingerprint density at radius 3 is 2.53 bits per heavy atom. The largest absolute Gasteiger partial charge is 0.481 e. The smallest absolute Gasteiger partial charge is 0.412 e. The topological polar surface area (TPSA) is 111 Å². The van der Waals surface area contributed by atoms with Crippen molar-refractivity contribution in [2.24, 2.45) is 0 Å². The average Bonchev–Trinajstić information content (AvgIpc) is 3.24. The van der Waals surface area contributed by atoms with Gasteiger partial charge >= 0.3 is 12.1 Å². The quantitative estimate of drug-likeness (QED) is 0.334. The molecule has 3 aromatic rings. The number of benzene rings is 2. The zero-order valence-corrected chi connectivity index (χ0v) is 22.4. The Labute approximate surface area is 226 Å². The van der Waals surface area contributed by atoms with Crippen molar-refractivity contribution in [1.29, 1.82) is 0 Å². The number of hydrogen-bond donors (Lipinski definition) is 2. The molecule has 0 spiro atoms. The minimum Gasteiger partial charge on any atom is -0.481 e. The number of aryl methyl sites for hydroxylation is 2. The number of rotatable bonds is 7. The van der Waals surface area contributed by atoms with E-state index in [4.69, 9.17) is 25.6 Å². The van der Waals surface area contributed by atoms with E-state index in [1.807, 2.05) is 31.2 Å². The molecule has 9 heteroatoms. The Kier molecular flexibility index (Phi) is 6.96. The van der Waals surface area contributed by atoms with Gasteiger partial charge in [-0.3, -0.25) is 10.1 Å². The summed E-state index contributed by atoms with van der Waals surface area (Å²) in [6, 6.07) is 13.4. The van der Waals surface area contributed by atoms with E-state index in [2.05, 4.69) is 22.6 Å². The van der Waals surface area contributed by atoms with Gasteiger partial charge in [-0.2, -0.15) is 0 Å². The SMILES string of the molecule is Cc1cc(C23CCC(CC(=O)O)(CC2)OC3)ccc1-c1onc(C)c1NC(=O)O[C@H](C)c1ccccc1Cl. The second-order valence-corrected chi connectivity index (χ2v) is 10.9. The van der Waals surface area contributed by atoms with Gasteiger partial charge in [-0.15, -0.1) is 0 Å². The number of fused-ring (bicyclic) bond motifs is 3. The number of carboxylic acid groups (broad SMARTS) is 1. The molecular weight excluding hydrogens is 508 g/mol. The van der Waals surface area contributed by atoms with E-state index < -0.39 is 23.8 Å². The molecule has 2 aromatic carbocycles. The van der Waals surface area contributed by atoms with Gasteiger partial charge in [0.2, 0.25) is 0 Å². The first-order chi connectivity index (χ1) is 18.1. The number of nitrogens with one attached hydrogen (secondary N) is 1. The Bertz CT molecular complexity index is 1360. The summed E-state index contributed by atoms with van der Waals surface area (Å²) >= 11 is 6.24.